The number of aliphatic hydroxyl groups excluding tert-OH is 1. The molecule has 0 radical (unpaired) electrons. The molecule has 0 aromatic carbocycles. The van der Waals surface area contributed by atoms with Crippen LogP contribution in [0.25, 0.3) is 0 Å². The minimum absolute atomic E-state index is 0.126. The average molecular weight is 253 g/mol. The van der Waals surface area contributed by atoms with Crippen molar-refractivity contribution in [2.24, 2.45) is 5.92 Å². The molecule has 0 aromatic rings. The van der Waals surface area contributed by atoms with Gasteiger partial charge in [0.05, 0.1) is 24.9 Å². The van der Waals surface area contributed by atoms with E-state index in [4.69, 9.17) is 4.74 Å². The quantitative estimate of drug-likeness (QED) is 0.731. The molecule has 18 heavy (non-hydrogen) atoms. The molecule has 3 rings (SSSR count). The van der Waals surface area contributed by atoms with Gasteiger partial charge in [-0.25, -0.2) is 0 Å². The Hall–Kier alpha value is -0.120. The molecule has 3 aliphatic carbocycles. The van der Waals surface area contributed by atoms with Gasteiger partial charge in [-0.1, -0.05) is 19.3 Å². The van der Waals surface area contributed by atoms with E-state index in [2.05, 4.69) is 5.32 Å². The molecule has 3 saturated carbocycles. The van der Waals surface area contributed by atoms with Crippen molar-refractivity contribution in [1.29, 1.82) is 0 Å². The normalized spacial score (nSPS) is 29.2. The molecule has 3 heteroatoms. The SMILES string of the molecule is OCC(COC1CCCCC1)(NC1CC1)C1CC1. The van der Waals surface area contributed by atoms with Crippen molar-refractivity contribution in [1.82, 2.24) is 5.32 Å². The summed E-state index contributed by atoms with van der Waals surface area (Å²) >= 11 is 0. The van der Waals surface area contributed by atoms with Gasteiger partial charge < -0.3 is 15.2 Å². The van der Waals surface area contributed by atoms with Crippen molar-refractivity contribution in [3.63, 3.8) is 0 Å². The molecule has 0 aromatic heterocycles. The molecule has 104 valence electrons. The first-order chi connectivity index (χ1) is 8.82. The molecule has 3 aliphatic rings. The molecule has 0 spiro atoms. The molecule has 2 N–H and O–H groups in total. The fourth-order valence-electron chi connectivity index (χ4n) is 3.27. The zero-order chi connectivity index (χ0) is 12.4. The number of aliphatic hydroxyl groups is 1. The highest BCUT2D eigenvalue weighted by Crippen LogP contribution is 2.42. The van der Waals surface area contributed by atoms with Crippen LogP contribution >= 0.6 is 0 Å². The van der Waals surface area contributed by atoms with Gasteiger partial charge in [-0.15, -0.1) is 0 Å². The Labute approximate surface area is 110 Å². The third kappa shape index (κ3) is 3.06. The van der Waals surface area contributed by atoms with E-state index in [1.165, 1.54) is 57.8 Å². The highest BCUT2D eigenvalue weighted by atomic mass is 16.5. The number of ether oxygens (including phenoxy) is 1. The van der Waals surface area contributed by atoms with Gasteiger partial charge in [0, 0.05) is 6.04 Å². The zero-order valence-corrected chi connectivity index (χ0v) is 11.4. The molecule has 0 bridgehead atoms. The summed E-state index contributed by atoms with van der Waals surface area (Å²) in [5.41, 5.74) is -0.126. The van der Waals surface area contributed by atoms with E-state index in [1.54, 1.807) is 0 Å². The maximum absolute atomic E-state index is 9.85. The lowest BCUT2D eigenvalue weighted by molar-refractivity contribution is -0.0321. The fourth-order valence-corrected chi connectivity index (χ4v) is 3.27. The van der Waals surface area contributed by atoms with E-state index in [0.717, 1.165) is 6.61 Å². The summed E-state index contributed by atoms with van der Waals surface area (Å²) in [6.45, 7) is 0.955. The van der Waals surface area contributed by atoms with E-state index in [9.17, 15) is 5.11 Å². The van der Waals surface area contributed by atoms with Crippen molar-refractivity contribution < 1.29 is 9.84 Å². The first-order valence-electron chi connectivity index (χ1n) is 7.82. The molecule has 3 fully saturated rings. The zero-order valence-electron chi connectivity index (χ0n) is 11.4. The van der Waals surface area contributed by atoms with E-state index < -0.39 is 0 Å². The van der Waals surface area contributed by atoms with Crippen molar-refractivity contribution >= 4 is 0 Å². The topological polar surface area (TPSA) is 41.5 Å². The van der Waals surface area contributed by atoms with E-state index >= 15 is 0 Å². The highest BCUT2D eigenvalue weighted by molar-refractivity contribution is 5.04. The number of rotatable bonds is 7. The number of hydrogen-bond donors (Lipinski definition) is 2. The van der Waals surface area contributed by atoms with Crippen molar-refractivity contribution in [2.75, 3.05) is 13.2 Å². The van der Waals surface area contributed by atoms with Gasteiger partial charge in [0.1, 0.15) is 0 Å². The molecule has 1 unspecified atom stereocenters. The van der Waals surface area contributed by atoms with Gasteiger partial charge in [-0.05, 0) is 44.4 Å². The molecule has 0 amide bonds. The maximum atomic E-state index is 9.85. The maximum Gasteiger partial charge on any atom is 0.0681 e. The van der Waals surface area contributed by atoms with Crippen LogP contribution in [0.4, 0.5) is 0 Å². The second-order valence-corrected chi connectivity index (χ2v) is 6.58. The van der Waals surface area contributed by atoms with Crippen LogP contribution in [0, 0.1) is 5.92 Å². The van der Waals surface area contributed by atoms with Gasteiger partial charge in [0.15, 0.2) is 0 Å². The lowest BCUT2D eigenvalue weighted by Crippen LogP contribution is -2.55. The van der Waals surface area contributed by atoms with E-state index in [1.807, 2.05) is 0 Å². The van der Waals surface area contributed by atoms with Crippen molar-refractivity contribution in [2.45, 2.75) is 75.5 Å². The lowest BCUT2D eigenvalue weighted by atomic mass is 9.93. The Morgan fingerprint density at radius 3 is 2.28 bits per heavy atom. The van der Waals surface area contributed by atoms with E-state index in [0.29, 0.717) is 18.1 Å². The molecule has 0 aliphatic heterocycles. The molecular formula is C15H27NO2. The largest absolute Gasteiger partial charge is 0.394 e. The number of hydrogen-bond acceptors (Lipinski definition) is 3. The summed E-state index contributed by atoms with van der Waals surface area (Å²) in [5, 5.41) is 13.5. The first kappa shape index (κ1) is 12.9. The Morgan fingerprint density at radius 2 is 1.72 bits per heavy atom. The van der Waals surface area contributed by atoms with Gasteiger partial charge in [0.2, 0.25) is 0 Å². The molecule has 3 nitrogen and oxygen atoms in total. The van der Waals surface area contributed by atoms with Crippen LogP contribution in [0.2, 0.25) is 0 Å². The Bertz CT molecular complexity index is 270. The van der Waals surface area contributed by atoms with Crippen molar-refractivity contribution in [3.8, 4) is 0 Å². The first-order valence-corrected chi connectivity index (χ1v) is 7.82. The second-order valence-electron chi connectivity index (χ2n) is 6.58. The van der Waals surface area contributed by atoms with Crippen molar-refractivity contribution in [3.05, 3.63) is 0 Å². The predicted octanol–water partition coefficient (Wildman–Crippen LogP) is 2.23. The summed E-state index contributed by atoms with van der Waals surface area (Å²) in [4.78, 5) is 0. The summed E-state index contributed by atoms with van der Waals surface area (Å²) in [6.07, 6.45) is 12.0. The third-order valence-electron chi connectivity index (χ3n) is 4.84. The Kier molecular flexibility index (Phi) is 3.92. The average Bonchev–Trinajstić information content (AvgIpc) is 3.28. The van der Waals surface area contributed by atoms with Crippen LogP contribution in [0.1, 0.15) is 57.8 Å². The molecular weight excluding hydrogens is 226 g/mol. The number of nitrogens with one attached hydrogen (secondary N) is 1. The monoisotopic (exact) mass is 253 g/mol. The van der Waals surface area contributed by atoms with Gasteiger partial charge in [-0.3, -0.25) is 0 Å². The predicted molar refractivity (Wildman–Crippen MR) is 71.5 cm³/mol. The molecule has 0 heterocycles. The third-order valence-corrected chi connectivity index (χ3v) is 4.84. The summed E-state index contributed by atoms with van der Waals surface area (Å²) < 4.78 is 6.15. The van der Waals surface area contributed by atoms with Crippen LogP contribution in [-0.2, 0) is 4.74 Å². The highest BCUT2D eigenvalue weighted by Gasteiger charge is 2.47. The fraction of sp³-hybridized carbons (Fsp3) is 1.00. The van der Waals surface area contributed by atoms with Crippen LogP contribution in [-0.4, -0.2) is 36.0 Å². The molecule has 1 atom stereocenters. The lowest BCUT2D eigenvalue weighted by Gasteiger charge is -2.35. The minimum Gasteiger partial charge on any atom is -0.394 e. The standard InChI is InChI=1S/C15H27NO2/c17-10-15(12-6-7-12,16-13-8-9-13)11-18-14-4-2-1-3-5-14/h12-14,16-17H,1-11H2. The molecule has 0 saturated heterocycles. The summed E-state index contributed by atoms with van der Waals surface area (Å²) in [6, 6.07) is 0.646. The van der Waals surface area contributed by atoms with Crippen LogP contribution in [0.3, 0.4) is 0 Å². The Balaban J connectivity index is 1.54. The summed E-state index contributed by atoms with van der Waals surface area (Å²) in [5.74, 6) is 0.645. The smallest absolute Gasteiger partial charge is 0.0681 e. The minimum atomic E-state index is -0.126. The van der Waals surface area contributed by atoms with Crippen LogP contribution in [0.5, 0.6) is 0 Å². The van der Waals surface area contributed by atoms with Gasteiger partial charge in [0.25, 0.3) is 0 Å². The van der Waals surface area contributed by atoms with Gasteiger partial charge >= 0.3 is 0 Å². The summed E-state index contributed by atoms with van der Waals surface area (Å²) in [7, 11) is 0. The van der Waals surface area contributed by atoms with Crippen LogP contribution < -0.4 is 5.32 Å². The van der Waals surface area contributed by atoms with Crippen LogP contribution in [0.15, 0.2) is 0 Å². The van der Waals surface area contributed by atoms with E-state index in [-0.39, 0.29) is 12.1 Å². The Morgan fingerprint density at radius 1 is 1.00 bits per heavy atom. The second kappa shape index (κ2) is 5.48. The van der Waals surface area contributed by atoms with Gasteiger partial charge in [-0.2, -0.15) is 0 Å².